The molecule has 2 aromatic rings. The molecule has 3 rings (SSSR count). The summed E-state index contributed by atoms with van der Waals surface area (Å²) in [6.07, 6.45) is 0.189. The SMILES string of the molecule is COC1CC(CC(=O)O)N(C(=O)c2cc3cc(F)ccc3[nH]2)C1. The van der Waals surface area contributed by atoms with Gasteiger partial charge in [-0.1, -0.05) is 0 Å². The number of likely N-dealkylation sites (tertiary alicyclic amines) is 1. The van der Waals surface area contributed by atoms with Gasteiger partial charge in [0.2, 0.25) is 0 Å². The lowest BCUT2D eigenvalue weighted by Crippen LogP contribution is -2.37. The van der Waals surface area contributed by atoms with E-state index in [0.29, 0.717) is 29.6 Å². The second kappa shape index (κ2) is 6.00. The number of carboxylic acids is 1. The molecule has 0 bridgehead atoms. The summed E-state index contributed by atoms with van der Waals surface area (Å²) in [6.45, 7) is 0.344. The Bertz CT molecular complexity index is 758. The van der Waals surface area contributed by atoms with Crippen LogP contribution in [0, 0.1) is 5.82 Å². The number of hydrogen-bond donors (Lipinski definition) is 2. The topological polar surface area (TPSA) is 82.6 Å². The number of carboxylic acid groups (broad SMARTS) is 1. The highest BCUT2D eigenvalue weighted by molar-refractivity contribution is 5.98. The van der Waals surface area contributed by atoms with E-state index in [1.165, 1.54) is 17.0 Å². The van der Waals surface area contributed by atoms with E-state index in [2.05, 4.69) is 4.98 Å². The molecule has 0 radical (unpaired) electrons. The summed E-state index contributed by atoms with van der Waals surface area (Å²) in [4.78, 5) is 28.2. The molecule has 122 valence electrons. The molecule has 1 amide bonds. The molecule has 2 N–H and O–H groups in total. The second-order valence-electron chi connectivity index (χ2n) is 5.72. The van der Waals surface area contributed by atoms with Crippen LogP contribution in [0.3, 0.4) is 0 Å². The number of hydrogen-bond acceptors (Lipinski definition) is 3. The Morgan fingerprint density at radius 3 is 2.91 bits per heavy atom. The van der Waals surface area contributed by atoms with Gasteiger partial charge in [0, 0.05) is 30.6 Å². The highest BCUT2D eigenvalue weighted by Crippen LogP contribution is 2.26. The number of nitrogens with zero attached hydrogens (tertiary/aromatic N) is 1. The van der Waals surface area contributed by atoms with Crippen molar-refractivity contribution in [3.8, 4) is 0 Å². The third kappa shape index (κ3) is 3.05. The summed E-state index contributed by atoms with van der Waals surface area (Å²) >= 11 is 0. The van der Waals surface area contributed by atoms with E-state index in [1.54, 1.807) is 19.2 Å². The number of benzene rings is 1. The summed E-state index contributed by atoms with van der Waals surface area (Å²) in [5.41, 5.74) is 0.977. The maximum atomic E-state index is 13.3. The van der Waals surface area contributed by atoms with Crippen molar-refractivity contribution in [2.24, 2.45) is 0 Å². The number of aliphatic carboxylic acids is 1. The Morgan fingerprint density at radius 1 is 1.43 bits per heavy atom. The number of carbonyl (C=O) groups excluding carboxylic acids is 1. The zero-order valence-corrected chi connectivity index (χ0v) is 12.6. The smallest absolute Gasteiger partial charge is 0.305 e. The maximum absolute atomic E-state index is 13.3. The molecule has 1 saturated heterocycles. The van der Waals surface area contributed by atoms with Crippen LogP contribution in [-0.2, 0) is 9.53 Å². The van der Waals surface area contributed by atoms with E-state index in [-0.39, 0.29) is 24.2 Å². The molecular formula is C16H17FN2O4. The fourth-order valence-electron chi connectivity index (χ4n) is 3.06. The summed E-state index contributed by atoms with van der Waals surface area (Å²) in [7, 11) is 1.54. The summed E-state index contributed by atoms with van der Waals surface area (Å²) in [5.74, 6) is -1.63. The van der Waals surface area contributed by atoms with Crippen molar-refractivity contribution in [3.63, 3.8) is 0 Å². The fraction of sp³-hybridized carbons (Fsp3) is 0.375. The molecular weight excluding hydrogens is 303 g/mol. The largest absolute Gasteiger partial charge is 0.481 e. The van der Waals surface area contributed by atoms with Gasteiger partial charge in [-0.05, 0) is 30.7 Å². The quantitative estimate of drug-likeness (QED) is 0.903. The molecule has 1 aliphatic rings. The van der Waals surface area contributed by atoms with Gasteiger partial charge in [0.1, 0.15) is 11.5 Å². The van der Waals surface area contributed by atoms with E-state index in [0.717, 1.165) is 0 Å². The standard InChI is InChI=1S/C16H17FN2O4/c1-23-12-6-11(7-15(20)21)19(8-12)16(22)14-5-9-4-10(17)2-3-13(9)18-14/h2-5,11-12,18H,6-8H2,1H3,(H,20,21). The van der Waals surface area contributed by atoms with Gasteiger partial charge in [0.15, 0.2) is 0 Å². The number of amides is 1. The van der Waals surface area contributed by atoms with E-state index in [1.807, 2.05) is 0 Å². The van der Waals surface area contributed by atoms with Crippen molar-refractivity contribution in [2.45, 2.75) is 25.0 Å². The van der Waals surface area contributed by atoms with Crippen LogP contribution in [0.5, 0.6) is 0 Å². The summed E-state index contributed by atoms with van der Waals surface area (Å²) in [5, 5.41) is 9.62. The average Bonchev–Trinajstić information content (AvgIpc) is 3.09. The minimum absolute atomic E-state index is 0.125. The van der Waals surface area contributed by atoms with Crippen molar-refractivity contribution in [1.82, 2.24) is 9.88 Å². The molecule has 1 aromatic heterocycles. The zero-order valence-electron chi connectivity index (χ0n) is 12.6. The van der Waals surface area contributed by atoms with Crippen LogP contribution in [0.1, 0.15) is 23.3 Å². The van der Waals surface area contributed by atoms with Crippen molar-refractivity contribution >= 4 is 22.8 Å². The Kier molecular flexibility index (Phi) is 4.04. The zero-order chi connectivity index (χ0) is 16.6. The summed E-state index contributed by atoms with van der Waals surface area (Å²) < 4.78 is 18.5. The molecule has 2 heterocycles. The predicted octanol–water partition coefficient (Wildman–Crippen LogP) is 2.01. The number of aromatic amines is 1. The number of nitrogens with one attached hydrogen (secondary N) is 1. The van der Waals surface area contributed by atoms with Gasteiger partial charge in [0.25, 0.3) is 5.91 Å². The van der Waals surface area contributed by atoms with E-state index in [9.17, 15) is 14.0 Å². The molecule has 1 aromatic carbocycles. The number of rotatable bonds is 4. The van der Waals surface area contributed by atoms with Crippen molar-refractivity contribution in [3.05, 3.63) is 35.8 Å². The number of ether oxygens (including phenoxy) is 1. The van der Waals surface area contributed by atoms with Crippen LogP contribution in [-0.4, -0.2) is 52.7 Å². The fourth-order valence-corrected chi connectivity index (χ4v) is 3.06. The van der Waals surface area contributed by atoms with Gasteiger partial charge >= 0.3 is 5.97 Å². The first-order valence-electron chi connectivity index (χ1n) is 7.31. The lowest BCUT2D eigenvalue weighted by Gasteiger charge is -2.22. The van der Waals surface area contributed by atoms with Gasteiger partial charge in [-0.15, -0.1) is 0 Å². The van der Waals surface area contributed by atoms with E-state index >= 15 is 0 Å². The third-order valence-corrected chi connectivity index (χ3v) is 4.19. The number of H-pyrrole nitrogens is 1. The summed E-state index contributed by atoms with van der Waals surface area (Å²) in [6, 6.07) is 5.40. The first-order valence-corrected chi connectivity index (χ1v) is 7.31. The first-order chi connectivity index (χ1) is 11.0. The Balaban J connectivity index is 1.88. The van der Waals surface area contributed by atoms with Gasteiger partial charge < -0.3 is 19.7 Å². The molecule has 1 fully saturated rings. The lowest BCUT2D eigenvalue weighted by molar-refractivity contribution is -0.138. The van der Waals surface area contributed by atoms with Gasteiger partial charge in [0.05, 0.1) is 12.5 Å². The molecule has 0 aliphatic carbocycles. The first kappa shape index (κ1) is 15.5. The minimum Gasteiger partial charge on any atom is -0.481 e. The van der Waals surface area contributed by atoms with Crippen LogP contribution in [0.4, 0.5) is 4.39 Å². The highest BCUT2D eigenvalue weighted by Gasteiger charge is 2.37. The Morgan fingerprint density at radius 2 is 2.22 bits per heavy atom. The van der Waals surface area contributed by atoms with Gasteiger partial charge in [-0.25, -0.2) is 4.39 Å². The lowest BCUT2D eigenvalue weighted by atomic mass is 10.1. The highest BCUT2D eigenvalue weighted by atomic mass is 19.1. The Hall–Kier alpha value is -2.41. The molecule has 0 saturated carbocycles. The van der Waals surface area contributed by atoms with Crippen LogP contribution in [0.2, 0.25) is 0 Å². The molecule has 6 nitrogen and oxygen atoms in total. The predicted molar refractivity (Wildman–Crippen MR) is 80.7 cm³/mol. The van der Waals surface area contributed by atoms with E-state index in [4.69, 9.17) is 9.84 Å². The number of carbonyl (C=O) groups is 2. The van der Waals surface area contributed by atoms with Crippen LogP contribution in [0.25, 0.3) is 10.9 Å². The van der Waals surface area contributed by atoms with Crippen molar-refractivity contribution in [2.75, 3.05) is 13.7 Å². The van der Waals surface area contributed by atoms with Crippen LogP contribution in [0.15, 0.2) is 24.3 Å². The molecule has 23 heavy (non-hydrogen) atoms. The van der Waals surface area contributed by atoms with Crippen molar-refractivity contribution < 1.29 is 23.8 Å². The number of aromatic nitrogens is 1. The van der Waals surface area contributed by atoms with E-state index < -0.39 is 12.0 Å². The number of methoxy groups -OCH3 is 1. The molecule has 2 atom stereocenters. The van der Waals surface area contributed by atoms with Crippen LogP contribution < -0.4 is 0 Å². The second-order valence-corrected chi connectivity index (χ2v) is 5.72. The molecule has 2 unspecified atom stereocenters. The molecule has 7 heteroatoms. The normalized spacial score (nSPS) is 21.0. The maximum Gasteiger partial charge on any atom is 0.305 e. The van der Waals surface area contributed by atoms with Crippen LogP contribution >= 0.6 is 0 Å². The number of halogens is 1. The number of fused-ring (bicyclic) bond motifs is 1. The minimum atomic E-state index is -0.955. The average molecular weight is 320 g/mol. The Labute approximate surface area is 131 Å². The van der Waals surface area contributed by atoms with Crippen molar-refractivity contribution in [1.29, 1.82) is 0 Å². The third-order valence-electron chi connectivity index (χ3n) is 4.19. The molecule has 1 aliphatic heterocycles. The van der Waals surface area contributed by atoms with Gasteiger partial charge in [-0.3, -0.25) is 9.59 Å². The monoisotopic (exact) mass is 320 g/mol. The molecule has 0 spiro atoms. The van der Waals surface area contributed by atoms with Gasteiger partial charge in [-0.2, -0.15) is 0 Å².